The molecule has 1 N–H and O–H groups in total. The Morgan fingerprint density at radius 1 is 1.21 bits per heavy atom. The van der Waals surface area contributed by atoms with Gasteiger partial charge in [0, 0.05) is 23.2 Å². The first kappa shape index (κ1) is 17.2. The van der Waals surface area contributed by atoms with Crippen LogP contribution in [0.25, 0.3) is 16.9 Å². The van der Waals surface area contributed by atoms with E-state index in [-0.39, 0.29) is 0 Å². The molecule has 126 valence electrons. The molecule has 0 unspecified atom stereocenters. The molecule has 0 aliphatic carbocycles. The van der Waals surface area contributed by atoms with Crippen LogP contribution in [0.4, 0.5) is 5.82 Å². The maximum atomic E-state index is 6.34. The van der Waals surface area contributed by atoms with Crippen LogP contribution in [0.3, 0.4) is 0 Å². The van der Waals surface area contributed by atoms with Crippen LogP contribution in [0.15, 0.2) is 41.0 Å². The van der Waals surface area contributed by atoms with Crippen LogP contribution in [0, 0.1) is 0 Å². The molecule has 3 rings (SSSR count). The minimum atomic E-state index is 0.693. The van der Waals surface area contributed by atoms with Crippen molar-refractivity contribution in [1.29, 1.82) is 0 Å². The normalized spacial score (nSPS) is 11.1. The Kier molecular flexibility index (Phi) is 5.74. The molecule has 3 aromatic rings. The lowest BCUT2D eigenvalue weighted by atomic mass is 10.1. The quantitative estimate of drug-likeness (QED) is 0.503. The third-order valence-electron chi connectivity index (χ3n) is 3.92. The van der Waals surface area contributed by atoms with Crippen LogP contribution in [-0.4, -0.2) is 21.1 Å². The van der Waals surface area contributed by atoms with E-state index in [0.29, 0.717) is 5.02 Å². The molecule has 0 spiro atoms. The summed E-state index contributed by atoms with van der Waals surface area (Å²) in [5.41, 5.74) is 2.54. The minimum Gasteiger partial charge on any atom is -0.370 e. The summed E-state index contributed by atoms with van der Waals surface area (Å²) < 4.78 is 2.69. The highest BCUT2D eigenvalue weighted by molar-refractivity contribution is 9.10. The molecule has 24 heavy (non-hydrogen) atoms. The molecule has 6 heteroatoms. The number of nitrogens with zero attached hydrogens (tertiary/aromatic N) is 3. The standard InChI is InChI=1S/C18H20BrClN4/c1-2-3-4-7-10-21-17-11-16(13-8-5-6-9-15(13)20)23-18-14(19)12-22-24(17)18/h5-6,8-9,11-12,21H,2-4,7,10H2,1H3. The van der Waals surface area contributed by atoms with Crippen molar-refractivity contribution in [2.45, 2.75) is 32.6 Å². The Labute approximate surface area is 155 Å². The number of nitrogens with one attached hydrogen (secondary N) is 1. The lowest BCUT2D eigenvalue weighted by Crippen LogP contribution is -2.08. The van der Waals surface area contributed by atoms with Crippen LogP contribution < -0.4 is 5.32 Å². The van der Waals surface area contributed by atoms with Gasteiger partial charge >= 0.3 is 0 Å². The number of rotatable bonds is 7. The molecule has 2 heterocycles. The molecule has 0 saturated heterocycles. The van der Waals surface area contributed by atoms with Gasteiger partial charge in [0.2, 0.25) is 0 Å². The number of halogens is 2. The summed E-state index contributed by atoms with van der Waals surface area (Å²) in [5, 5.41) is 8.58. The van der Waals surface area contributed by atoms with Gasteiger partial charge in [0.05, 0.1) is 16.4 Å². The van der Waals surface area contributed by atoms with Crippen LogP contribution in [-0.2, 0) is 0 Å². The largest absolute Gasteiger partial charge is 0.370 e. The molecule has 0 amide bonds. The van der Waals surface area contributed by atoms with E-state index < -0.39 is 0 Å². The monoisotopic (exact) mass is 406 g/mol. The van der Waals surface area contributed by atoms with E-state index in [1.807, 2.05) is 34.8 Å². The van der Waals surface area contributed by atoms with Crippen molar-refractivity contribution in [3.05, 3.63) is 46.0 Å². The lowest BCUT2D eigenvalue weighted by Gasteiger charge is -2.11. The van der Waals surface area contributed by atoms with Crippen molar-refractivity contribution < 1.29 is 0 Å². The number of aromatic nitrogens is 3. The molecular weight excluding hydrogens is 388 g/mol. The molecule has 0 fully saturated rings. The molecule has 0 aliphatic heterocycles. The zero-order valence-corrected chi connectivity index (χ0v) is 15.9. The van der Waals surface area contributed by atoms with Gasteiger partial charge in [0.15, 0.2) is 5.65 Å². The second-order valence-corrected chi connectivity index (χ2v) is 6.98. The van der Waals surface area contributed by atoms with Crippen molar-refractivity contribution in [1.82, 2.24) is 14.6 Å². The van der Waals surface area contributed by atoms with Gasteiger partial charge in [-0.2, -0.15) is 9.61 Å². The zero-order chi connectivity index (χ0) is 16.9. The molecule has 0 aliphatic rings. The van der Waals surface area contributed by atoms with E-state index in [0.717, 1.165) is 40.2 Å². The summed E-state index contributed by atoms with van der Waals surface area (Å²) in [6.45, 7) is 3.13. The van der Waals surface area contributed by atoms with E-state index in [4.69, 9.17) is 16.6 Å². The van der Waals surface area contributed by atoms with E-state index in [2.05, 4.69) is 33.3 Å². The van der Waals surface area contributed by atoms with Gasteiger partial charge in [-0.3, -0.25) is 0 Å². The molecule has 0 radical (unpaired) electrons. The first-order chi connectivity index (χ1) is 11.7. The minimum absolute atomic E-state index is 0.693. The van der Waals surface area contributed by atoms with Crippen LogP contribution in [0.2, 0.25) is 5.02 Å². The Bertz CT molecular complexity index is 831. The Morgan fingerprint density at radius 3 is 2.83 bits per heavy atom. The van der Waals surface area contributed by atoms with E-state index >= 15 is 0 Å². The molecule has 1 aromatic carbocycles. The second-order valence-electron chi connectivity index (χ2n) is 5.72. The number of hydrogen-bond acceptors (Lipinski definition) is 3. The van der Waals surface area contributed by atoms with Crippen molar-refractivity contribution in [3.8, 4) is 11.3 Å². The number of benzene rings is 1. The second kappa shape index (κ2) is 7.99. The first-order valence-electron chi connectivity index (χ1n) is 8.23. The predicted molar refractivity (Wildman–Crippen MR) is 104 cm³/mol. The van der Waals surface area contributed by atoms with Crippen LogP contribution in [0.5, 0.6) is 0 Å². The highest BCUT2D eigenvalue weighted by Crippen LogP contribution is 2.30. The number of anilines is 1. The van der Waals surface area contributed by atoms with Crippen molar-refractivity contribution in [2.24, 2.45) is 0 Å². The summed E-state index contributed by atoms with van der Waals surface area (Å²) in [7, 11) is 0. The van der Waals surface area contributed by atoms with E-state index in [1.165, 1.54) is 19.3 Å². The number of unbranched alkanes of at least 4 members (excludes halogenated alkanes) is 3. The fourth-order valence-corrected chi connectivity index (χ4v) is 3.22. The summed E-state index contributed by atoms with van der Waals surface area (Å²) in [4.78, 5) is 4.71. The van der Waals surface area contributed by atoms with Gasteiger partial charge in [0.1, 0.15) is 5.82 Å². The highest BCUT2D eigenvalue weighted by Gasteiger charge is 2.12. The highest BCUT2D eigenvalue weighted by atomic mass is 79.9. The molecule has 0 bridgehead atoms. The Morgan fingerprint density at radius 2 is 2.04 bits per heavy atom. The van der Waals surface area contributed by atoms with Crippen LogP contribution in [0.1, 0.15) is 32.6 Å². The van der Waals surface area contributed by atoms with Gasteiger partial charge in [-0.25, -0.2) is 4.98 Å². The fraction of sp³-hybridized carbons (Fsp3) is 0.333. The SMILES string of the molecule is CCCCCCNc1cc(-c2ccccc2Cl)nc2c(Br)cnn12. The van der Waals surface area contributed by atoms with Crippen molar-refractivity contribution >= 4 is 39.0 Å². The Balaban J connectivity index is 1.94. The number of fused-ring (bicyclic) bond motifs is 1. The summed E-state index contributed by atoms with van der Waals surface area (Å²) in [6.07, 6.45) is 6.65. The maximum Gasteiger partial charge on any atom is 0.172 e. The molecule has 0 saturated carbocycles. The van der Waals surface area contributed by atoms with Gasteiger partial charge < -0.3 is 5.32 Å². The van der Waals surface area contributed by atoms with E-state index in [1.54, 1.807) is 6.20 Å². The topological polar surface area (TPSA) is 42.2 Å². The smallest absolute Gasteiger partial charge is 0.172 e. The van der Waals surface area contributed by atoms with Gasteiger partial charge in [-0.15, -0.1) is 0 Å². The molecular formula is C18H20BrClN4. The molecule has 0 atom stereocenters. The van der Waals surface area contributed by atoms with Gasteiger partial charge in [-0.1, -0.05) is 56.0 Å². The number of hydrogen-bond donors (Lipinski definition) is 1. The van der Waals surface area contributed by atoms with Crippen molar-refractivity contribution in [2.75, 3.05) is 11.9 Å². The predicted octanol–water partition coefficient (Wildman–Crippen LogP) is 5.80. The molecule has 2 aromatic heterocycles. The third kappa shape index (κ3) is 3.73. The molecule has 4 nitrogen and oxygen atoms in total. The average Bonchev–Trinajstić information content (AvgIpc) is 2.96. The van der Waals surface area contributed by atoms with Crippen molar-refractivity contribution in [3.63, 3.8) is 0 Å². The van der Waals surface area contributed by atoms with Gasteiger partial charge in [-0.05, 0) is 28.4 Å². The summed E-state index contributed by atoms with van der Waals surface area (Å²) in [6, 6.07) is 9.76. The van der Waals surface area contributed by atoms with E-state index in [9.17, 15) is 0 Å². The zero-order valence-electron chi connectivity index (χ0n) is 13.6. The summed E-state index contributed by atoms with van der Waals surface area (Å²) in [5.74, 6) is 0.928. The maximum absolute atomic E-state index is 6.34. The average molecular weight is 408 g/mol. The first-order valence-corrected chi connectivity index (χ1v) is 9.41. The summed E-state index contributed by atoms with van der Waals surface area (Å²) >= 11 is 9.87. The van der Waals surface area contributed by atoms with Gasteiger partial charge in [0.25, 0.3) is 0 Å². The Hall–Kier alpha value is -1.59. The fourth-order valence-electron chi connectivity index (χ4n) is 2.64. The third-order valence-corrected chi connectivity index (χ3v) is 4.80. The van der Waals surface area contributed by atoms with Crippen LogP contribution >= 0.6 is 27.5 Å². The lowest BCUT2D eigenvalue weighted by molar-refractivity contribution is 0.683.